The van der Waals surface area contributed by atoms with Crippen molar-refractivity contribution in [1.82, 2.24) is 30.3 Å². The molecule has 8 nitrogen and oxygen atoms in total. The quantitative estimate of drug-likeness (QED) is 0.456. The van der Waals surface area contributed by atoms with Gasteiger partial charge in [-0.25, -0.2) is 4.39 Å². The van der Waals surface area contributed by atoms with Crippen LogP contribution in [0.5, 0.6) is 5.75 Å². The zero-order chi connectivity index (χ0) is 19.5. The van der Waals surface area contributed by atoms with Gasteiger partial charge in [0.25, 0.3) is 0 Å². The van der Waals surface area contributed by atoms with Crippen molar-refractivity contribution < 1.29 is 13.7 Å². The number of aromatic nitrogens is 6. The van der Waals surface area contributed by atoms with Gasteiger partial charge in [0.15, 0.2) is 0 Å². The standard InChI is InChI=1S/C18H15FN6O2S/c1-11-3-4-12(9-15(11)19)17-20-16(27-22-17)10-28-18-21-23-24-25(18)13-5-7-14(26-2)8-6-13/h3-9H,10H2,1-2H3. The van der Waals surface area contributed by atoms with Crippen LogP contribution in [0.4, 0.5) is 4.39 Å². The lowest BCUT2D eigenvalue weighted by Crippen LogP contribution is -1.99. The highest BCUT2D eigenvalue weighted by Gasteiger charge is 2.14. The number of nitrogens with zero attached hydrogens (tertiary/aromatic N) is 6. The smallest absolute Gasteiger partial charge is 0.237 e. The summed E-state index contributed by atoms with van der Waals surface area (Å²) in [6.07, 6.45) is 0. The highest BCUT2D eigenvalue weighted by Crippen LogP contribution is 2.25. The SMILES string of the molecule is COc1ccc(-n2nnnc2SCc2nc(-c3ccc(C)c(F)c3)no2)cc1. The molecular formula is C18H15FN6O2S. The number of tetrazole rings is 1. The lowest BCUT2D eigenvalue weighted by atomic mass is 10.1. The Morgan fingerprint density at radius 1 is 1.18 bits per heavy atom. The maximum atomic E-state index is 13.7. The van der Waals surface area contributed by atoms with Crippen LogP contribution in [0.25, 0.3) is 17.1 Å². The number of benzene rings is 2. The monoisotopic (exact) mass is 398 g/mol. The fourth-order valence-electron chi connectivity index (χ4n) is 2.44. The van der Waals surface area contributed by atoms with Gasteiger partial charge in [-0.1, -0.05) is 29.1 Å². The zero-order valence-electron chi connectivity index (χ0n) is 15.0. The van der Waals surface area contributed by atoms with E-state index in [4.69, 9.17) is 9.26 Å². The van der Waals surface area contributed by atoms with E-state index in [1.807, 2.05) is 24.3 Å². The molecule has 0 amide bonds. The highest BCUT2D eigenvalue weighted by atomic mass is 32.2. The van der Waals surface area contributed by atoms with E-state index in [0.29, 0.717) is 33.8 Å². The molecule has 0 bridgehead atoms. The van der Waals surface area contributed by atoms with Gasteiger partial charge < -0.3 is 9.26 Å². The van der Waals surface area contributed by atoms with E-state index in [0.717, 1.165) is 11.4 Å². The second-order valence-electron chi connectivity index (χ2n) is 5.84. The first-order valence-corrected chi connectivity index (χ1v) is 9.27. The summed E-state index contributed by atoms with van der Waals surface area (Å²) in [6.45, 7) is 1.70. The second kappa shape index (κ2) is 7.77. The third-order valence-corrected chi connectivity index (χ3v) is 4.88. The van der Waals surface area contributed by atoms with E-state index in [-0.39, 0.29) is 5.82 Å². The summed E-state index contributed by atoms with van der Waals surface area (Å²) in [5.74, 6) is 1.54. The molecule has 0 aliphatic rings. The second-order valence-corrected chi connectivity index (χ2v) is 6.78. The molecule has 0 N–H and O–H groups in total. The van der Waals surface area contributed by atoms with Gasteiger partial charge in [0.1, 0.15) is 11.6 Å². The molecule has 28 heavy (non-hydrogen) atoms. The minimum absolute atomic E-state index is 0.308. The predicted octanol–water partition coefficient (Wildman–Crippen LogP) is 3.46. The summed E-state index contributed by atoms with van der Waals surface area (Å²) in [5.41, 5.74) is 1.93. The van der Waals surface area contributed by atoms with Crippen molar-refractivity contribution in [2.45, 2.75) is 17.8 Å². The molecule has 0 saturated carbocycles. The summed E-state index contributed by atoms with van der Waals surface area (Å²) in [4.78, 5) is 4.32. The number of aryl methyl sites for hydroxylation is 1. The summed E-state index contributed by atoms with van der Waals surface area (Å²) in [6, 6.07) is 12.2. The molecule has 0 aliphatic carbocycles. The first-order chi connectivity index (χ1) is 13.6. The van der Waals surface area contributed by atoms with Gasteiger partial charge in [-0.3, -0.25) is 0 Å². The van der Waals surface area contributed by atoms with Gasteiger partial charge in [0.05, 0.1) is 18.6 Å². The maximum Gasteiger partial charge on any atom is 0.237 e. The zero-order valence-corrected chi connectivity index (χ0v) is 15.9. The molecule has 4 rings (SSSR count). The summed E-state index contributed by atoms with van der Waals surface area (Å²) >= 11 is 1.35. The fraction of sp³-hybridized carbons (Fsp3) is 0.167. The Balaban J connectivity index is 1.48. The van der Waals surface area contributed by atoms with Crippen molar-refractivity contribution in [1.29, 1.82) is 0 Å². The van der Waals surface area contributed by atoms with Crippen LogP contribution in [0.3, 0.4) is 0 Å². The van der Waals surface area contributed by atoms with Crippen LogP contribution < -0.4 is 4.74 Å². The molecule has 2 heterocycles. The van der Waals surface area contributed by atoms with Crippen molar-refractivity contribution in [3.8, 4) is 22.8 Å². The molecule has 0 saturated heterocycles. The molecule has 2 aromatic heterocycles. The number of hydrogen-bond donors (Lipinski definition) is 0. The van der Waals surface area contributed by atoms with Crippen LogP contribution in [0.2, 0.25) is 0 Å². The van der Waals surface area contributed by atoms with Crippen LogP contribution in [-0.4, -0.2) is 37.5 Å². The normalized spacial score (nSPS) is 11.0. The van der Waals surface area contributed by atoms with Crippen LogP contribution in [0.1, 0.15) is 11.5 Å². The third kappa shape index (κ3) is 3.72. The van der Waals surface area contributed by atoms with Crippen LogP contribution in [-0.2, 0) is 5.75 Å². The van der Waals surface area contributed by atoms with Gasteiger partial charge in [0, 0.05) is 5.56 Å². The number of hydrogen-bond acceptors (Lipinski definition) is 8. The van der Waals surface area contributed by atoms with E-state index in [2.05, 4.69) is 25.7 Å². The molecule has 0 fully saturated rings. The van der Waals surface area contributed by atoms with E-state index in [1.165, 1.54) is 17.8 Å². The first kappa shape index (κ1) is 18.1. The highest BCUT2D eigenvalue weighted by molar-refractivity contribution is 7.98. The molecule has 10 heteroatoms. The first-order valence-electron chi connectivity index (χ1n) is 8.29. The van der Waals surface area contributed by atoms with Crippen molar-refractivity contribution in [2.75, 3.05) is 7.11 Å². The van der Waals surface area contributed by atoms with Crippen molar-refractivity contribution in [3.05, 3.63) is 59.7 Å². The Morgan fingerprint density at radius 3 is 2.75 bits per heavy atom. The van der Waals surface area contributed by atoms with Gasteiger partial charge >= 0.3 is 0 Å². The number of thioether (sulfide) groups is 1. The Kier molecular flexibility index (Phi) is 5.02. The molecule has 0 radical (unpaired) electrons. The molecule has 0 atom stereocenters. The molecule has 0 unspecified atom stereocenters. The minimum Gasteiger partial charge on any atom is -0.497 e. The van der Waals surface area contributed by atoms with E-state index >= 15 is 0 Å². The Bertz CT molecular complexity index is 1100. The number of methoxy groups -OCH3 is 1. The third-order valence-electron chi connectivity index (χ3n) is 3.98. The predicted molar refractivity (Wildman–Crippen MR) is 99.7 cm³/mol. The van der Waals surface area contributed by atoms with Gasteiger partial charge in [-0.2, -0.15) is 9.67 Å². The van der Waals surface area contributed by atoms with Crippen molar-refractivity contribution in [2.24, 2.45) is 0 Å². The number of rotatable bonds is 6. The molecule has 2 aromatic carbocycles. The van der Waals surface area contributed by atoms with Gasteiger partial charge in [-0.05, 0) is 53.2 Å². The van der Waals surface area contributed by atoms with Crippen molar-refractivity contribution >= 4 is 11.8 Å². The van der Waals surface area contributed by atoms with E-state index < -0.39 is 0 Å². The largest absolute Gasteiger partial charge is 0.497 e. The molecule has 0 spiro atoms. The molecule has 4 aromatic rings. The molecule has 0 aliphatic heterocycles. The number of ether oxygens (including phenoxy) is 1. The summed E-state index contributed by atoms with van der Waals surface area (Å²) in [5, 5.41) is 16.3. The van der Waals surface area contributed by atoms with Gasteiger partial charge in [0.2, 0.25) is 16.9 Å². The Hall–Kier alpha value is -3.27. The number of halogens is 1. The summed E-state index contributed by atoms with van der Waals surface area (Å²) < 4.78 is 25.8. The van der Waals surface area contributed by atoms with E-state index in [9.17, 15) is 4.39 Å². The average Bonchev–Trinajstić information content (AvgIpc) is 3.38. The molecular weight excluding hydrogens is 383 g/mol. The Labute approximate surface area is 163 Å². The maximum absolute atomic E-state index is 13.7. The van der Waals surface area contributed by atoms with Gasteiger partial charge in [-0.15, -0.1) is 5.10 Å². The van der Waals surface area contributed by atoms with Crippen LogP contribution in [0, 0.1) is 12.7 Å². The molecule has 142 valence electrons. The average molecular weight is 398 g/mol. The van der Waals surface area contributed by atoms with E-state index in [1.54, 1.807) is 30.8 Å². The fourth-order valence-corrected chi connectivity index (χ4v) is 3.17. The van der Waals surface area contributed by atoms with Crippen molar-refractivity contribution in [3.63, 3.8) is 0 Å². The topological polar surface area (TPSA) is 91.8 Å². The lowest BCUT2D eigenvalue weighted by molar-refractivity contribution is 0.391. The Morgan fingerprint density at radius 2 is 2.00 bits per heavy atom. The minimum atomic E-state index is -0.308. The van der Waals surface area contributed by atoms with Crippen LogP contribution in [0.15, 0.2) is 52.1 Å². The van der Waals surface area contributed by atoms with Crippen LogP contribution >= 0.6 is 11.8 Å². The summed E-state index contributed by atoms with van der Waals surface area (Å²) in [7, 11) is 1.61. The lowest BCUT2D eigenvalue weighted by Gasteiger charge is -2.04.